The van der Waals surface area contributed by atoms with Gasteiger partial charge in [-0.2, -0.15) is 0 Å². The van der Waals surface area contributed by atoms with Crippen molar-refractivity contribution in [1.29, 1.82) is 0 Å². The fourth-order valence-electron chi connectivity index (χ4n) is 7.92. The molecule has 6 nitrogen and oxygen atoms in total. The Labute approximate surface area is 367 Å². The molecule has 6 heteroatoms. The second kappa shape index (κ2) is 49.0. The summed E-state index contributed by atoms with van der Waals surface area (Å²) >= 11 is 0. The van der Waals surface area contributed by atoms with Crippen LogP contribution in [0.25, 0.3) is 0 Å². The molecule has 0 rings (SSSR count). The molecule has 2 atom stereocenters. The first kappa shape index (κ1) is 57.3. The van der Waals surface area contributed by atoms with E-state index in [4.69, 9.17) is 4.74 Å². The Morgan fingerprint density at radius 3 is 1.22 bits per heavy atom. The summed E-state index contributed by atoms with van der Waals surface area (Å²) in [7, 11) is 0. The molecular weight excluding hydrogens is 731 g/mol. The van der Waals surface area contributed by atoms with E-state index in [2.05, 4.69) is 31.3 Å². The van der Waals surface area contributed by atoms with Crippen LogP contribution < -0.4 is 5.32 Å². The van der Waals surface area contributed by atoms with Crippen LogP contribution in [0.5, 0.6) is 0 Å². The molecule has 0 radical (unpaired) electrons. The van der Waals surface area contributed by atoms with Crippen LogP contribution in [0.15, 0.2) is 24.3 Å². The molecule has 0 fully saturated rings. The van der Waals surface area contributed by atoms with Crippen LogP contribution in [0, 0.1) is 0 Å². The maximum Gasteiger partial charge on any atom is 0.305 e. The number of rotatable bonds is 48. The van der Waals surface area contributed by atoms with Gasteiger partial charge in [-0.15, -0.1) is 0 Å². The van der Waals surface area contributed by atoms with Gasteiger partial charge in [0, 0.05) is 12.8 Å². The zero-order valence-electron chi connectivity index (χ0n) is 39.5. The molecule has 348 valence electrons. The molecule has 0 spiro atoms. The largest absolute Gasteiger partial charge is 0.466 e. The van der Waals surface area contributed by atoms with Gasteiger partial charge in [-0.1, -0.05) is 231 Å². The maximum absolute atomic E-state index is 12.4. The van der Waals surface area contributed by atoms with Gasteiger partial charge in [0.1, 0.15) is 0 Å². The molecule has 3 N–H and O–H groups in total. The summed E-state index contributed by atoms with van der Waals surface area (Å²) < 4.78 is 5.44. The van der Waals surface area contributed by atoms with Crippen molar-refractivity contribution in [2.75, 3.05) is 13.2 Å². The van der Waals surface area contributed by atoms with Crippen LogP contribution in [-0.4, -0.2) is 47.4 Å². The molecule has 2 unspecified atom stereocenters. The van der Waals surface area contributed by atoms with Gasteiger partial charge in [0.15, 0.2) is 0 Å². The van der Waals surface area contributed by atoms with Gasteiger partial charge in [-0.25, -0.2) is 0 Å². The number of nitrogens with one attached hydrogen (secondary N) is 1. The Morgan fingerprint density at radius 1 is 0.458 bits per heavy atom. The van der Waals surface area contributed by atoms with Crippen LogP contribution in [0.4, 0.5) is 0 Å². The molecule has 0 aliphatic carbocycles. The average molecular weight is 832 g/mol. The monoisotopic (exact) mass is 832 g/mol. The summed E-state index contributed by atoms with van der Waals surface area (Å²) in [6.07, 6.45) is 57.5. The number of hydrogen-bond acceptors (Lipinski definition) is 5. The Hall–Kier alpha value is -1.66. The number of allylic oxidation sites excluding steroid dienone is 3. The van der Waals surface area contributed by atoms with Crippen LogP contribution in [0.3, 0.4) is 0 Å². The van der Waals surface area contributed by atoms with Crippen LogP contribution >= 0.6 is 0 Å². The molecule has 0 bridgehead atoms. The van der Waals surface area contributed by atoms with E-state index in [9.17, 15) is 19.8 Å². The highest BCUT2D eigenvalue weighted by molar-refractivity contribution is 5.76. The van der Waals surface area contributed by atoms with Crippen molar-refractivity contribution in [3.05, 3.63) is 24.3 Å². The zero-order chi connectivity index (χ0) is 43.0. The van der Waals surface area contributed by atoms with Crippen LogP contribution in [0.1, 0.15) is 277 Å². The standard InChI is InChI=1S/C53H101NO5/c1-3-5-7-9-11-13-15-17-18-19-20-21-22-23-25-26-29-33-37-41-45-51(56)50(49-55)54-52(57)46-42-38-34-30-28-32-36-40-44-48-59-53(58)47-43-39-35-31-27-24-16-14-12-10-8-6-4-2/h14,16,41,45,50-51,55-56H,3-13,15,17-40,42-44,46-49H2,1-2H3,(H,54,57)/b16-14-,45-41+. The SMILES string of the molecule is CCCCCC/C=C\CCCCCCCC(=O)OCCCCCCCCCCCC(=O)NC(CO)C(O)/C=C/CCCCCCCCCCCCCCCCCCCC. The van der Waals surface area contributed by atoms with E-state index in [0.29, 0.717) is 19.4 Å². The topological polar surface area (TPSA) is 95.9 Å². The highest BCUT2D eigenvalue weighted by Gasteiger charge is 2.18. The van der Waals surface area contributed by atoms with Gasteiger partial charge in [0.25, 0.3) is 0 Å². The van der Waals surface area contributed by atoms with Gasteiger partial charge in [0.05, 0.1) is 25.4 Å². The Balaban J connectivity index is 3.54. The van der Waals surface area contributed by atoms with E-state index in [-0.39, 0.29) is 18.5 Å². The van der Waals surface area contributed by atoms with Crippen molar-refractivity contribution in [3.63, 3.8) is 0 Å². The highest BCUT2D eigenvalue weighted by atomic mass is 16.5. The summed E-state index contributed by atoms with van der Waals surface area (Å²) in [5.74, 6) is -0.131. The third kappa shape index (κ3) is 45.7. The minimum atomic E-state index is -0.862. The molecule has 0 aromatic carbocycles. The lowest BCUT2D eigenvalue weighted by atomic mass is 10.0. The van der Waals surface area contributed by atoms with Crippen LogP contribution in [-0.2, 0) is 14.3 Å². The predicted molar refractivity (Wildman–Crippen MR) is 255 cm³/mol. The summed E-state index contributed by atoms with van der Waals surface area (Å²) in [5, 5.41) is 23.1. The molecule has 0 aliphatic rings. The maximum atomic E-state index is 12.4. The average Bonchev–Trinajstić information content (AvgIpc) is 3.24. The molecule has 0 aromatic rings. The van der Waals surface area contributed by atoms with E-state index < -0.39 is 12.1 Å². The van der Waals surface area contributed by atoms with E-state index in [1.165, 1.54) is 193 Å². The summed E-state index contributed by atoms with van der Waals surface area (Å²) in [5.41, 5.74) is 0. The number of esters is 1. The zero-order valence-corrected chi connectivity index (χ0v) is 39.5. The van der Waals surface area contributed by atoms with E-state index in [1.54, 1.807) is 6.08 Å². The number of ether oxygens (including phenoxy) is 1. The fraction of sp³-hybridized carbons (Fsp3) is 0.887. The van der Waals surface area contributed by atoms with Gasteiger partial charge < -0.3 is 20.3 Å². The highest BCUT2D eigenvalue weighted by Crippen LogP contribution is 2.16. The predicted octanol–water partition coefficient (Wildman–Crippen LogP) is 15.5. The third-order valence-corrected chi connectivity index (χ3v) is 12.0. The normalized spacial score (nSPS) is 12.8. The molecule has 0 aromatic heterocycles. The summed E-state index contributed by atoms with van der Waals surface area (Å²) in [6, 6.07) is -0.648. The second-order valence-electron chi connectivity index (χ2n) is 17.9. The van der Waals surface area contributed by atoms with Gasteiger partial charge >= 0.3 is 5.97 Å². The number of unbranched alkanes of at least 4 members (excludes halogenated alkanes) is 35. The molecular formula is C53H101NO5. The van der Waals surface area contributed by atoms with Gasteiger partial charge in [-0.05, 0) is 57.8 Å². The number of carbonyl (C=O) groups is 2. The minimum absolute atomic E-state index is 0.0363. The smallest absolute Gasteiger partial charge is 0.305 e. The molecule has 0 saturated heterocycles. The van der Waals surface area contributed by atoms with Gasteiger partial charge in [0.2, 0.25) is 5.91 Å². The van der Waals surface area contributed by atoms with E-state index in [0.717, 1.165) is 57.8 Å². The number of aliphatic hydroxyl groups is 2. The number of hydrogen-bond donors (Lipinski definition) is 3. The van der Waals surface area contributed by atoms with Crippen LogP contribution in [0.2, 0.25) is 0 Å². The van der Waals surface area contributed by atoms with E-state index >= 15 is 0 Å². The first-order chi connectivity index (χ1) is 29.0. The first-order valence-corrected chi connectivity index (χ1v) is 26.1. The Morgan fingerprint density at radius 2 is 0.797 bits per heavy atom. The summed E-state index contributed by atoms with van der Waals surface area (Å²) in [4.78, 5) is 24.5. The lowest BCUT2D eigenvalue weighted by Crippen LogP contribution is -2.45. The van der Waals surface area contributed by atoms with Crippen molar-refractivity contribution in [1.82, 2.24) is 5.32 Å². The number of carbonyl (C=O) groups excluding carboxylic acids is 2. The molecule has 59 heavy (non-hydrogen) atoms. The molecule has 0 aliphatic heterocycles. The third-order valence-electron chi connectivity index (χ3n) is 12.0. The van der Waals surface area contributed by atoms with E-state index in [1.807, 2.05) is 6.08 Å². The quantitative estimate of drug-likeness (QED) is 0.0322. The summed E-state index contributed by atoms with van der Waals surface area (Å²) in [6.45, 7) is 4.83. The minimum Gasteiger partial charge on any atom is -0.466 e. The molecule has 0 heterocycles. The van der Waals surface area contributed by atoms with Crippen molar-refractivity contribution in [2.45, 2.75) is 289 Å². The number of aliphatic hydroxyl groups excluding tert-OH is 2. The van der Waals surface area contributed by atoms with Crippen molar-refractivity contribution in [3.8, 4) is 0 Å². The Kier molecular flexibility index (Phi) is 47.6. The second-order valence-corrected chi connectivity index (χ2v) is 17.9. The Bertz CT molecular complexity index is 920. The lowest BCUT2D eigenvalue weighted by Gasteiger charge is -2.20. The first-order valence-electron chi connectivity index (χ1n) is 26.1. The van der Waals surface area contributed by atoms with Crippen molar-refractivity contribution in [2.24, 2.45) is 0 Å². The molecule has 0 saturated carbocycles. The molecule has 1 amide bonds. The lowest BCUT2D eigenvalue weighted by molar-refractivity contribution is -0.143. The van der Waals surface area contributed by atoms with Crippen molar-refractivity contribution >= 4 is 11.9 Å². The van der Waals surface area contributed by atoms with Gasteiger partial charge in [-0.3, -0.25) is 9.59 Å². The fourth-order valence-corrected chi connectivity index (χ4v) is 7.92. The number of amides is 1. The van der Waals surface area contributed by atoms with Crippen molar-refractivity contribution < 1.29 is 24.5 Å².